The second-order valence-electron chi connectivity index (χ2n) is 2.80. The summed E-state index contributed by atoms with van der Waals surface area (Å²) in [6, 6.07) is 0. The molecule has 0 aliphatic rings. The zero-order chi connectivity index (χ0) is 8.04. The predicted molar refractivity (Wildman–Crippen MR) is 45.8 cm³/mol. The Balaban J connectivity index is 0. The second kappa shape index (κ2) is 7.31. The third kappa shape index (κ3) is 4.28. The van der Waals surface area contributed by atoms with E-state index in [-0.39, 0.29) is 24.0 Å². The molecule has 0 aromatic rings. The van der Waals surface area contributed by atoms with E-state index in [4.69, 9.17) is 5.73 Å². The Labute approximate surface area is 87.7 Å². The molecule has 0 saturated carbocycles. The standard InChI is InChI=1S/C8H21N2.HI/c1-4-10(5-2,6-3)8-7-9;/h4-9H2,1-3H3;1H/q+1;/p-1. The Kier molecular flexibility index (Phi) is 9.43. The Bertz CT molecular complexity index is 73.9. The molecule has 3 heteroatoms. The van der Waals surface area contributed by atoms with E-state index in [1.807, 2.05) is 0 Å². The zero-order valence-corrected chi connectivity index (χ0v) is 10.1. The lowest BCUT2D eigenvalue weighted by atomic mass is 10.3. The molecule has 0 aromatic heterocycles. The summed E-state index contributed by atoms with van der Waals surface area (Å²) in [6.07, 6.45) is 0. The molecule has 0 heterocycles. The molecule has 0 unspecified atom stereocenters. The summed E-state index contributed by atoms with van der Waals surface area (Å²) in [4.78, 5) is 0. The molecule has 0 aliphatic heterocycles. The molecule has 0 rings (SSSR count). The first kappa shape index (κ1) is 14.2. The maximum absolute atomic E-state index is 5.53. The van der Waals surface area contributed by atoms with E-state index in [0.717, 1.165) is 13.1 Å². The van der Waals surface area contributed by atoms with Gasteiger partial charge in [-0.1, -0.05) is 0 Å². The van der Waals surface area contributed by atoms with Crippen molar-refractivity contribution in [2.24, 2.45) is 5.73 Å². The van der Waals surface area contributed by atoms with Gasteiger partial charge in [-0.05, 0) is 20.8 Å². The number of nitrogens with two attached hydrogens (primary N) is 1. The Morgan fingerprint density at radius 1 is 1.00 bits per heavy atom. The van der Waals surface area contributed by atoms with E-state index < -0.39 is 0 Å². The Morgan fingerprint density at radius 3 is 1.45 bits per heavy atom. The fourth-order valence-electron chi connectivity index (χ4n) is 1.42. The van der Waals surface area contributed by atoms with Gasteiger partial charge >= 0.3 is 0 Å². The van der Waals surface area contributed by atoms with Crippen molar-refractivity contribution >= 4 is 0 Å². The first-order chi connectivity index (χ1) is 4.74. The topological polar surface area (TPSA) is 26.0 Å². The van der Waals surface area contributed by atoms with E-state index in [1.54, 1.807) is 0 Å². The summed E-state index contributed by atoms with van der Waals surface area (Å²) in [5, 5.41) is 0. The maximum atomic E-state index is 5.53. The van der Waals surface area contributed by atoms with Crippen LogP contribution in [0, 0.1) is 0 Å². The second-order valence-corrected chi connectivity index (χ2v) is 2.80. The molecule has 0 spiro atoms. The van der Waals surface area contributed by atoms with Gasteiger partial charge in [0, 0.05) is 6.54 Å². The van der Waals surface area contributed by atoms with Gasteiger partial charge in [0.25, 0.3) is 0 Å². The number of hydrogen-bond donors (Lipinski definition) is 1. The van der Waals surface area contributed by atoms with Crippen molar-refractivity contribution in [2.45, 2.75) is 20.8 Å². The van der Waals surface area contributed by atoms with Crippen LogP contribution < -0.4 is 29.7 Å². The number of rotatable bonds is 5. The minimum absolute atomic E-state index is 0. The molecular formula is C8H21IN2. The van der Waals surface area contributed by atoms with Gasteiger partial charge in [0.1, 0.15) is 0 Å². The highest BCUT2D eigenvalue weighted by molar-refractivity contribution is 4.38. The number of quaternary nitrogens is 1. The summed E-state index contributed by atoms with van der Waals surface area (Å²) in [6.45, 7) is 12.3. The SMILES string of the molecule is CC[N+](CC)(CC)CCN.[I-]. The van der Waals surface area contributed by atoms with Crippen LogP contribution in [0.2, 0.25) is 0 Å². The van der Waals surface area contributed by atoms with Crippen molar-refractivity contribution in [3.05, 3.63) is 0 Å². The maximum Gasteiger partial charge on any atom is 0.0911 e. The molecule has 2 N–H and O–H groups in total. The third-order valence-corrected chi connectivity index (χ3v) is 2.62. The first-order valence-corrected chi connectivity index (χ1v) is 4.29. The summed E-state index contributed by atoms with van der Waals surface area (Å²) >= 11 is 0. The van der Waals surface area contributed by atoms with Gasteiger partial charge in [0.2, 0.25) is 0 Å². The molecule has 0 bridgehead atoms. The van der Waals surface area contributed by atoms with Crippen LogP contribution in [0.5, 0.6) is 0 Å². The minimum Gasteiger partial charge on any atom is -1.00 e. The molecule has 0 atom stereocenters. The summed E-state index contributed by atoms with van der Waals surface area (Å²) in [5.74, 6) is 0. The van der Waals surface area contributed by atoms with Crippen LogP contribution in [-0.4, -0.2) is 37.2 Å². The molecule has 11 heavy (non-hydrogen) atoms. The number of nitrogens with zero attached hydrogens (tertiary/aromatic N) is 1. The number of hydrogen-bond acceptors (Lipinski definition) is 1. The average molecular weight is 272 g/mol. The van der Waals surface area contributed by atoms with Crippen molar-refractivity contribution in [1.82, 2.24) is 0 Å². The van der Waals surface area contributed by atoms with Crippen LogP contribution in [0.1, 0.15) is 20.8 Å². The molecule has 0 amide bonds. The quantitative estimate of drug-likeness (QED) is 0.447. The van der Waals surface area contributed by atoms with Crippen molar-refractivity contribution in [3.63, 3.8) is 0 Å². The van der Waals surface area contributed by atoms with Crippen molar-refractivity contribution in [1.29, 1.82) is 0 Å². The highest BCUT2D eigenvalue weighted by atomic mass is 127. The van der Waals surface area contributed by atoms with Crippen molar-refractivity contribution < 1.29 is 28.5 Å². The molecule has 2 nitrogen and oxygen atoms in total. The first-order valence-electron chi connectivity index (χ1n) is 4.29. The molecule has 70 valence electrons. The smallest absolute Gasteiger partial charge is 0.0911 e. The highest BCUT2D eigenvalue weighted by Gasteiger charge is 2.18. The third-order valence-electron chi connectivity index (χ3n) is 2.62. The van der Waals surface area contributed by atoms with Crippen LogP contribution in [-0.2, 0) is 0 Å². The lowest BCUT2D eigenvalue weighted by Crippen LogP contribution is -3.00. The fourth-order valence-corrected chi connectivity index (χ4v) is 1.42. The van der Waals surface area contributed by atoms with Crippen molar-refractivity contribution in [3.8, 4) is 0 Å². The molecule has 0 radical (unpaired) electrons. The van der Waals surface area contributed by atoms with E-state index in [1.165, 1.54) is 24.1 Å². The van der Waals surface area contributed by atoms with Gasteiger partial charge in [-0.15, -0.1) is 0 Å². The van der Waals surface area contributed by atoms with Crippen LogP contribution >= 0.6 is 0 Å². The zero-order valence-electron chi connectivity index (χ0n) is 7.94. The van der Waals surface area contributed by atoms with Gasteiger partial charge < -0.3 is 34.2 Å². The average Bonchev–Trinajstić information content (AvgIpc) is 2.01. The van der Waals surface area contributed by atoms with E-state index >= 15 is 0 Å². The van der Waals surface area contributed by atoms with Crippen LogP contribution in [0.3, 0.4) is 0 Å². The van der Waals surface area contributed by atoms with Crippen molar-refractivity contribution in [2.75, 3.05) is 32.7 Å². The molecule has 0 aliphatic carbocycles. The molecule has 0 fully saturated rings. The molecule has 0 saturated heterocycles. The lowest BCUT2D eigenvalue weighted by Gasteiger charge is -2.35. The summed E-state index contributed by atoms with van der Waals surface area (Å²) in [5.41, 5.74) is 5.53. The van der Waals surface area contributed by atoms with E-state index in [2.05, 4.69) is 20.8 Å². The van der Waals surface area contributed by atoms with Crippen LogP contribution in [0.4, 0.5) is 0 Å². The highest BCUT2D eigenvalue weighted by Crippen LogP contribution is 2.03. The number of halogens is 1. The van der Waals surface area contributed by atoms with Gasteiger partial charge in [-0.2, -0.15) is 0 Å². The lowest BCUT2D eigenvalue weighted by molar-refractivity contribution is -0.921. The summed E-state index contributed by atoms with van der Waals surface area (Å²) in [7, 11) is 0. The van der Waals surface area contributed by atoms with Gasteiger partial charge in [0.05, 0.1) is 26.2 Å². The number of likely N-dealkylation sites (N-methyl/N-ethyl adjacent to an activating group) is 1. The normalized spacial score (nSPS) is 10.9. The Morgan fingerprint density at radius 2 is 1.36 bits per heavy atom. The summed E-state index contributed by atoms with van der Waals surface area (Å²) < 4.78 is 1.18. The van der Waals surface area contributed by atoms with Gasteiger partial charge in [0.15, 0.2) is 0 Å². The monoisotopic (exact) mass is 272 g/mol. The van der Waals surface area contributed by atoms with Crippen LogP contribution in [0.25, 0.3) is 0 Å². The minimum atomic E-state index is 0. The largest absolute Gasteiger partial charge is 1.00 e. The molecule has 0 aromatic carbocycles. The van der Waals surface area contributed by atoms with Crippen LogP contribution in [0.15, 0.2) is 0 Å². The van der Waals surface area contributed by atoms with E-state index in [9.17, 15) is 0 Å². The van der Waals surface area contributed by atoms with Gasteiger partial charge in [-0.25, -0.2) is 0 Å². The Hall–Kier alpha value is 0.650. The fraction of sp³-hybridized carbons (Fsp3) is 1.00. The molecular weight excluding hydrogens is 251 g/mol. The predicted octanol–water partition coefficient (Wildman–Crippen LogP) is -2.17. The van der Waals surface area contributed by atoms with Gasteiger partial charge in [-0.3, -0.25) is 0 Å². The van der Waals surface area contributed by atoms with E-state index in [0.29, 0.717) is 0 Å².